The molecule has 0 aliphatic carbocycles. The predicted octanol–water partition coefficient (Wildman–Crippen LogP) is 4.94. The number of hydrogen-bond donors (Lipinski definition) is 1. The fourth-order valence-electron chi connectivity index (χ4n) is 2.09. The lowest BCUT2D eigenvalue weighted by Crippen LogP contribution is -1.94. The summed E-state index contributed by atoms with van der Waals surface area (Å²) >= 11 is 9.52. The zero-order chi connectivity index (χ0) is 14.8. The Morgan fingerprint density at radius 3 is 2.62 bits per heavy atom. The van der Waals surface area contributed by atoms with Crippen LogP contribution in [0.5, 0.6) is 11.6 Å². The average molecular weight is 365 g/mol. The smallest absolute Gasteiger partial charge is 0.227 e. The second-order valence-electron chi connectivity index (χ2n) is 4.47. The summed E-state index contributed by atoms with van der Waals surface area (Å²) in [4.78, 5) is 4.28. The first-order chi connectivity index (χ1) is 10.2. The third-order valence-electron chi connectivity index (χ3n) is 3.11. The normalized spacial score (nSPS) is 10.8. The van der Waals surface area contributed by atoms with Crippen LogP contribution in [0.15, 0.2) is 53.1 Å². The Labute approximate surface area is 135 Å². The Morgan fingerprint density at radius 1 is 1.14 bits per heavy atom. The lowest BCUT2D eigenvalue weighted by Gasteiger charge is -2.11. The Morgan fingerprint density at radius 2 is 1.90 bits per heavy atom. The van der Waals surface area contributed by atoms with Crippen LogP contribution in [0.4, 0.5) is 0 Å². The zero-order valence-electron chi connectivity index (χ0n) is 10.9. The molecule has 1 heterocycles. The topological polar surface area (TPSA) is 42.4 Å². The molecule has 3 rings (SSSR count). The summed E-state index contributed by atoms with van der Waals surface area (Å²) in [5, 5.41) is 11.6. The van der Waals surface area contributed by atoms with Gasteiger partial charge >= 0.3 is 0 Å². The molecular formula is C16H11BrClNO2. The van der Waals surface area contributed by atoms with Gasteiger partial charge in [-0.2, -0.15) is 0 Å². The van der Waals surface area contributed by atoms with Crippen molar-refractivity contribution in [1.82, 2.24) is 4.98 Å². The van der Waals surface area contributed by atoms with Crippen LogP contribution < -0.4 is 4.74 Å². The highest BCUT2D eigenvalue weighted by atomic mass is 79.9. The number of aromatic nitrogens is 1. The zero-order valence-corrected chi connectivity index (χ0v) is 13.2. The highest BCUT2D eigenvalue weighted by Gasteiger charge is 2.10. The van der Waals surface area contributed by atoms with Crippen LogP contribution in [0.3, 0.4) is 0 Å². The summed E-state index contributed by atoms with van der Waals surface area (Å²) in [6.07, 6.45) is 1.62. The molecule has 0 bridgehead atoms. The summed E-state index contributed by atoms with van der Waals surface area (Å²) < 4.78 is 6.71. The molecule has 2 aromatic carbocycles. The minimum absolute atomic E-state index is 0.0627. The van der Waals surface area contributed by atoms with Gasteiger partial charge in [0.05, 0.1) is 11.6 Å². The van der Waals surface area contributed by atoms with E-state index in [9.17, 15) is 5.11 Å². The maximum Gasteiger partial charge on any atom is 0.227 e. The van der Waals surface area contributed by atoms with Crippen molar-refractivity contribution in [3.63, 3.8) is 0 Å². The van der Waals surface area contributed by atoms with Gasteiger partial charge in [-0.15, -0.1) is 0 Å². The number of nitrogens with zero attached hydrogens (tertiary/aromatic N) is 1. The van der Waals surface area contributed by atoms with Gasteiger partial charge in [-0.05, 0) is 29.7 Å². The number of rotatable bonds is 3. The van der Waals surface area contributed by atoms with E-state index in [4.69, 9.17) is 16.3 Å². The molecule has 106 valence electrons. The van der Waals surface area contributed by atoms with E-state index in [0.717, 1.165) is 20.8 Å². The van der Waals surface area contributed by atoms with Gasteiger partial charge < -0.3 is 9.84 Å². The molecule has 0 aliphatic rings. The quantitative estimate of drug-likeness (QED) is 0.716. The van der Waals surface area contributed by atoms with Gasteiger partial charge in [0, 0.05) is 21.6 Å². The second-order valence-corrected chi connectivity index (χ2v) is 5.79. The first kappa shape index (κ1) is 14.3. The maximum atomic E-state index is 9.38. The van der Waals surface area contributed by atoms with Crippen molar-refractivity contribution in [3.8, 4) is 11.6 Å². The molecule has 0 amide bonds. The van der Waals surface area contributed by atoms with Crippen LogP contribution in [0.1, 0.15) is 5.56 Å². The molecule has 3 aromatic rings. The van der Waals surface area contributed by atoms with Crippen LogP contribution in [-0.2, 0) is 6.61 Å². The summed E-state index contributed by atoms with van der Waals surface area (Å²) in [7, 11) is 0. The van der Waals surface area contributed by atoms with Crippen molar-refractivity contribution in [2.24, 2.45) is 0 Å². The Hall–Kier alpha value is -1.62. The lowest BCUT2D eigenvalue weighted by molar-refractivity contribution is 0.283. The van der Waals surface area contributed by atoms with Gasteiger partial charge in [0.1, 0.15) is 5.75 Å². The second kappa shape index (κ2) is 6.02. The van der Waals surface area contributed by atoms with Crippen LogP contribution in [0.2, 0.25) is 5.02 Å². The number of ether oxygens (including phenoxy) is 1. The molecule has 0 atom stereocenters. The van der Waals surface area contributed by atoms with E-state index in [0.29, 0.717) is 16.7 Å². The van der Waals surface area contributed by atoms with Gasteiger partial charge in [0.2, 0.25) is 5.88 Å². The number of fused-ring (bicyclic) bond motifs is 1. The minimum Gasteiger partial charge on any atom is -0.437 e. The minimum atomic E-state index is -0.0627. The molecular weight excluding hydrogens is 354 g/mol. The number of hydrogen-bond acceptors (Lipinski definition) is 3. The number of benzene rings is 2. The van der Waals surface area contributed by atoms with E-state index >= 15 is 0 Å². The molecule has 0 spiro atoms. The molecule has 0 aliphatic heterocycles. The van der Waals surface area contributed by atoms with Crippen LogP contribution in [0, 0.1) is 0 Å². The molecule has 1 aromatic heterocycles. The highest BCUT2D eigenvalue weighted by Crippen LogP contribution is 2.34. The molecule has 0 saturated carbocycles. The summed E-state index contributed by atoms with van der Waals surface area (Å²) in [5.41, 5.74) is 0.764. The third kappa shape index (κ3) is 2.88. The van der Waals surface area contributed by atoms with Gasteiger partial charge in [0.25, 0.3) is 0 Å². The number of halogens is 2. The number of aliphatic hydroxyl groups excluding tert-OH is 1. The molecule has 0 fully saturated rings. The van der Waals surface area contributed by atoms with E-state index in [2.05, 4.69) is 20.9 Å². The van der Waals surface area contributed by atoms with Crippen molar-refractivity contribution in [2.45, 2.75) is 6.61 Å². The van der Waals surface area contributed by atoms with E-state index in [1.165, 1.54) is 0 Å². The van der Waals surface area contributed by atoms with Gasteiger partial charge in [0.15, 0.2) is 0 Å². The summed E-state index contributed by atoms with van der Waals surface area (Å²) in [6.45, 7) is -0.0627. The first-order valence-corrected chi connectivity index (χ1v) is 7.46. The van der Waals surface area contributed by atoms with Crippen LogP contribution >= 0.6 is 27.5 Å². The van der Waals surface area contributed by atoms with Gasteiger partial charge in [-0.1, -0.05) is 45.7 Å². The standard InChI is InChI=1S/C16H11BrClNO2/c17-11-5-6-15(14(18)7-11)21-16-13-4-2-1-3-12(13)10(9-20)8-19-16/h1-8,20H,9H2. The fourth-order valence-corrected chi connectivity index (χ4v) is 2.81. The molecule has 0 unspecified atom stereocenters. The van der Waals surface area contributed by atoms with Gasteiger partial charge in [-0.3, -0.25) is 0 Å². The van der Waals surface area contributed by atoms with Gasteiger partial charge in [-0.25, -0.2) is 4.98 Å². The van der Waals surface area contributed by atoms with E-state index in [-0.39, 0.29) is 6.61 Å². The van der Waals surface area contributed by atoms with Crippen molar-refractivity contribution < 1.29 is 9.84 Å². The number of aliphatic hydroxyl groups is 1. The SMILES string of the molecule is OCc1cnc(Oc2ccc(Br)cc2Cl)c2ccccc12. The third-order valence-corrected chi connectivity index (χ3v) is 3.90. The number of pyridine rings is 1. The molecule has 21 heavy (non-hydrogen) atoms. The summed E-state index contributed by atoms with van der Waals surface area (Å²) in [6, 6.07) is 13.1. The highest BCUT2D eigenvalue weighted by molar-refractivity contribution is 9.10. The maximum absolute atomic E-state index is 9.38. The molecule has 3 nitrogen and oxygen atoms in total. The first-order valence-electron chi connectivity index (χ1n) is 6.29. The molecule has 1 N–H and O–H groups in total. The van der Waals surface area contributed by atoms with Crippen LogP contribution in [-0.4, -0.2) is 10.1 Å². The van der Waals surface area contributed by atoms with Crippen molar-refractivity contribution >= 4 is 38.3 Å². The Kier molecular flexibility index (Phi) is 4.10. The Balaban J connectivity index is 2.09. The van der Waals surface area contributed by atoms with Crippen molar-refractivity contribution in [1.29, 1.82) is 0 Å². The van der Waals surface area contributed by atoms with E-state index in [1.54, 1.807) is 18.3 Å². The van der Waals surface area contributed by atoms with Crippen molar-refractivity contribution in [3.05, 3.63) is 63.7 Å². The average Bonchev–Trinajstić information content (AvgIpc) is 2.50. The lowest BCUT2D eigenvalue weighted by atomic mass is 10.1. The van der Waals surface area contributed by atoms with E-state index < -0.39 is 0 Å². The molecule has 0 saturated heterocycles. The molecule has 0 radical (unpaired) electrons. The predicted molar refractivity (Wildman–Crippen MR) is 86.9 cm³/mol. The Bertz CT molecular complexity index is 807. The monoisotopic (exact) mass is 363 g/mol. The molecule has 5 heteroatoms. The largest absolute Gasteiger partial charge is 0.437 e. The van der Waals surface area contributed by atoms with Crippen LogP contribution in [0.25, 0.3) is 10.8 Å². The summed E-state index contributed by atoms with van der Waals surface area (Å²) in [5.74, 6) is 1.00. The van der Waals surface area contributed by atoms with Crippen molar-refractivity contribution in [2.75, 3.05) is 0 Å². The van der Waals surface area contributed by atoms with E-state index in [1.807, 2.05) is 30.3 Å². The fraction of sp³-hybridized carbons (Fsp3) is 0.0625.